The van der Waals surface area contributed by atoms with Gasteiger partial charge in [-0.05, 0) is 29.7 Å². The third-order valence-electron chi connectivity index (χ3n) is 3.07. The van der Waals surface area contributed by atoms with Gasteiger partial charge in [0.05, 0.1) is 5.56 Å². The molecular formula is C16H14F3NO. The Morgan fingerprint density at radius 1 is 1.10 bits per heavy atom. The van der Waals surface area contributed by atoms with Crippen molar-refractivity contribution in [3.63, 3.8) is 0 Å². The maximum absolute atomic E-state index is 12.6. The Kier molecular flexibility index (Phi) is 4.73. The molecule has 0 bridgehead atoms. The lowest BCUT2D eigenvalue weighted by atomic mass is 10.0. The van der Waals surface area contributed by atoms with Crippen molar-refractivity contribution in [3.05, 3.63) is 65.5 Å². The number of pyridine rings is 1. The first-order valence-electron chi connectivity index (χ1n) is 6.52. The van der Waals surface area contributed by atoms with Crippen molar-refractivity contribution >= 4 is 5.78 Å². The normalized spacial score (nSPS) is 11.4. The van der Waals surface area contributed by atoms with E-state index in [4.69, 9.17) is 0 Å². The maximum atomic E-state index is 12.6. The highest BCUT2D eigenvalue weighted by molar-refractivity contribution is 5.81. The molecule has 0 spiro atoms. The molecule has 0 fully saturated rings. The molecule has 0 atom stereocenters. The number of alkyl halides is 3. The summed E-state index contributed by atoms with van der Waals surface area (Å²) in [6, 6.07) is 8.55. The number of nitrogens with zero attached hydrogens (tertiary/aromatic N) is 1. The molecular weight excluding hydrogens is 279 g/mol. The van der Waals surface area contributed by atoms with Gasteiger partial charge in [-0.2, -0.15) is 13.2 Å². The monoisotopic (exact) mass is 293 g/mol. The largest absolute Gasteiger partial charge is 0.416 e. The highest BCUT2D eigenvalue weighted by atomic mass is 19.4. The summed E-state index contributed by atoms with van der Waals surface area (Å²) >= 11 is 0. The van der Waals surface area contributed by atoms with Gasteiger partial charge in [0.2, 0.25) is 0 Å². The van der Waals surface area contributed by atoms with Crippen molar-refractivity contribution < 1.29 is 18.0 Å². The topological polar surface area (TPSA) is 30.0 Å². The molecule has 1 heterocycles. The van der Waals surface area contributed by atoms with Crippen LogP contribution in [0.2, 0.25) is 0 Å². The Hall–Kier alpha value is -2.17. The summed E-state index contributed by atoms with van der Waals surface area (Å²) in [5, 5.41) is 0. The van der Waals surface area contributed by atoms with Gasteiger partial charge in [0, 0.05) is 25.2 Å². The van der Waals surface area contributed by atoms with E-state index in [0.717, 1.165) is 17.7 Å². The molecule has 0 aliphatic heterocycles. The molecule has 5 heteroatoms. The molecule has 1 aromatic carbocycles. The number of hydrogen-bond donors (Lipinski definition) is 0. The number of carbonyl (C=O) groups excluding carboxylic acids is 1. The van der Waals surface area contributed by atoms with E-state index in [-0.39, 0.29) is 12.2 Å². The number of benzene rings is 1. The van der Waals surface area contributed by atoms with Crippen LogP contribution in [0.15, 0.2) is 48.8 Å². The number of halogens is 3. The van der Waals surface area contributed by atoms with Gasteiger partial charge >= 0.3 is 6.18 Å². The summed E-state index contributed by atoms with van der Waals surface area (Å²) in [7, 11) is 0. The van der Waals surface area contributed by atoms with Crippen LogP contribution in [0, 0.1) is 0 Å². The lowest BCUT2D eigenvalue weighted by Crippen LogP contribution is -2.08. The third kappa shape index (κ3) is 4.70. The number of Topliss-reactive ketones (excluding diaryl/α,β-unsaturated/α-hetero) is 1. The minimum atomic E-state index is -4.38. The molecule has 0 saturated carbocycles. The zero-order chi connectivity index (χ0) is 15.3. The van der Waals surface area contributed by atoms with Crippen LogP contribution in [0.1, 0.15) is 23.1 Å². The number of ketones is 1. The summed E-state index contributed by atoms with van der Waals surface area (Å²) < 4.78 is 37.7. The lowest BCUT2D eigenvalue weighted by Gasteiger charge is -2.08. The predicted molar refractivity (Wildman–Crippen MR) is 72.7 cm³/mol. The van der Waals surface area contributed by atoms with E-state index in [1.807, 2.05) is 6.07 Å². The van der Waals surface area contributed by atoms with Crippen LogP contribution >= 0.6 is 0 Å². The summed E-state index contributed by atoms with van der Waals surface area (Å²) in [5.41, 5.74) is 0.607. The molecule has 0 radical (unpaired) electrons. The number of aryl methyl sites for hydroxylation is 1. The zero-order valence-electron chi connectivity index (χ0n) is 11.2. The van der Waals surface area contributed by atoms with Gasteiger partial charge < -0.3 is 0 Å². The highest BCUT2D eigenvalue weighted by Gasteiger charge is 2.30. The first-order chi connectivity index (χ1) is 9.95. The Bertz CT molecular complexity index is 608. The lowest BCUT2D eigenvalue weighted by molar-refractivity contribution is -0.137. The second-order valence-corrected chi connectivity index (χ2v) is 4.77. The van der Waals surface area contributed by atoms with E-state index in [9.17, 15) is 18.0 Å². The van der Waals surface area contributed by atoms with E-state index in [2.05, 4.69) is 4.98 Å². The third-order valence-corrected chi connectivity index (χ3v) is 3.07. The highest BCUT2D eigenvalue weighted by Crippen LogP contribution is 2.29. The van der Waals surface area contributed by atoms with Crippen LogP contribution < -0.4 is 0 Å². The van der Waals surface area contributed by atoms with Crippen molar-refractivity contribution in [2.24, 2.45) is 0 Å². The molecule has 1 aromatic heterocycles. The molecule has 0 amide bonds. The van der Waals surface area contributed by atoms with Crippen molar-refractivity contribution in [2.45, 2.75) is 25.4 Å². The maximum Gasteiger partial charge on any atom is 0.416 e. The van der Waals surface area contributed by atoms with Gasteiger partial charge in [0.25, 0.3) is 0 Å². The van der Waals surface area contributed by atoms with E-state index in [1.165, 1.54) is 12.1 Å². The van der Waals surface area contributed by atoms with Gasteiger partial charge in [-0.25, -0.2) is 0 Å². The molecule has 0 saturated heterocycles. The summed E-state index contributed by atoms with van der Waals surface area (Å²) in [4.78, 5) is 15.8. The minimum absolute atomic E-state index is 0.0180. The van der Waals surface area contributed by atoms with Crippen molar-refractivity contribution in [1.29, 1.82) is 0 Å². The van der Waals surface area contributed by atoms with Crippen molar-refractivity contribution in [3.8, 4) is 0 Å². The molecule has 0 unspecified atom stereocenters. The summed E-state index contributed by atoms with van der Waals surface area (Å²) in [5.74, 6) is -0.0850. The second kappa shape index (κ2) is 6.52. The molecule has 0 aliphatic rings. The van der Waals surface area contributed by atoms with Gasteiger partial charge in [-0.1, -0.05) is 24.3 Å². The SMILES string of the molecule is O=C(CCc1cccnc1)Cc1cccc(C(F)(F)F)c1. The number of rotatable bonds is 5. The second-order valence-electron chi connectivity index (χ2n) is 4.77. The fourth-order valence-corrected chi connectivity index (χ4v) is 2.00. The minimum Gasteiger partial charge on any atom is -0.299 e. The fraction of sp³-hybridized carbons (Fsp3) is 0.250. The van der Waals surface area contributed by atoms with Crippen LogP contribution in [0.25, 0.3) is 0 Å². The Morgan fingerprint density at radius 3 is 2.52 bits per heavy atom. The van der Waals surface area contributed by atoms with E-state index in [0.29, 0.717) is 18.4 Å². The standard InChI is InChI=1S/C16H14F3NO/c17-16(18,19)14-5-1-3-13(9-14)10-15(21)7-6-12-4-2-8-20-11-12/h1-5,8-9,11H,6-7,10H2. The van der Waals surface area contributed by atoms with E-state index in [1.54, 1.807) is 18.5 Å². The molecule has 110 valence electrons. The van der Waals surface area contributed by atoms with E-state index < -0.39 is 11.7 Å². The number of hydrogen-bond acceptors (Lipinski definition) is 2. The van der Waals surface area contributed by atoms with Crippen molar-refractivity contribution in [2.75, 3.05) is 0 Å². The quantitative estimate of drug-likeness (QED) is 0.838. The Labute approximate surface area is 120 Å². The summed E-state index contributed by atoms with van der Waals surface area (Å²) in [6.07, 6.45) is -0.196. The Balaban J connectivity index is 1.94. The van der Waals surface area contributed by atoms with Crippen LogP contribution in [-0.4, -0.2) is 10.8 Å². The van der Waals surface area contributed by atoms with Gasteiger partial charge in [0.1, 0.15) is 5.78 Å². The van der Waals surface area contributed by atoms with Crippen molar-refractivity contribution in [1.82, 2.24) is 4.98 Å². The molecule has 0 aliphatic carbocycles. The summed E-state index contributed by atoms with van der Waals surface area (Å²) in [6.45, 7) is 0. The van der Waals surface area contributed by atoms with Gasteiger partial charge in [0.15, 0.2) is 0 Å². The van der Waals surface area contributed by atoms with Crippen LogP contribution in [0.3, 0.4) is 0 Å². The fourth-order valence-electron chi connectivity index (χ4n) is 2.00. The average Bonchev–Trinajstić information content (AvgIpc) is 2.46. The molecule has 2 aromatic rings. The molecule has 21 heavy (non-hydrogen) atoms. The number of carbonyl (C=O) groups is 1. The first kappa shape index (κ1) is 15.2. The van der Waals surface area contributed by atoms with Crippen LogP contribution in [-0.2, 0) is 23.8 Å². The predicted octanol–water partition coefficient (Wildman–Crippen LogP) is 3.84. The van der Waals surface area contributed by atoms with Crippen LogP contribution in [0.5, 0.6) is 0 Å². The average molecular weight is 293 g/mol. The molecule has 2 nitrogen and oxygen atoms in total. The molecule has 0 N–H and O–H groups in total. The van der Waals surface area contributed by atoms with Crippen LogP contribution in [0.4, 0.5) is 13.2 Å². The number of aromatic nitrogens is 1. The van der Waals surface area contributed by atoms with E-state index >= 15 is 0 Å². The molecule has 2 rings (SSSR count). The Morgan fingerprint density at radius 2 is 1.86 bits per heavy atom. The zero-order valence-corrected chi connectivity index (χ0v) is 11.2. The first-order valence-corrected chi connectivity index (χ1v) is 6.52. The van der Waals surface area contributed by atoms with Gasteiger partial charge in [-0.15, -0.1) is 0 Å². The van der Waals surface area contributed by atoms with Gasteiger partial charge in [-0.3, -0.25) is 9.78 Å². The smallest absolute Gasteiger partial charge is 0.299 e.